The Kier molecular flexibility index (Phi) is 16.4. The van der Waals surface area contributed by atoms with Gasteiger partial charge in [0.25, 0.3) is 20.0 Å². The normalized spacial score (nSPS) is 14.2. The maximum atomic E-state index is 14.2. The zero-order valence-electron chi connectivity index (χ0n) is 31.3. The average molecular weight is 993 g/mol. The van der Waals surface area contributed by atoms with Crippen LogP contribution in [0.2, 0.25) is 0 Å². The lowest BCUT2D eigenvalue weighted by Crippen LogP contribution is -2.65. The number of nitrogens with one attached hydrogen (secondary N) is 2. The van der Waals surface area contributed by atoms with Crippen molar-refractivity contribution in [2.24, 2.45) is 0 Å². The van der Waals surface area contributed by atoms with E-state index in [9.17, 15) is 105 Å². The number of carbonyl (C=O) groups is 2. The summed E-state index contributed by atoms with van der Waals surface area (Å²) < 4.78 is 295. The van der Waals surface area contributed by atoms with E-state index in [0.29, 0.717) is 11.1 Å². The molecule has 0 unspecified atom stereocenters. The number of alkyl halides is 18. The molecule has 360 valence electrons. The van der Waals surface area contributed by atoms with Crippen LogP contribution in [-0.4, -0.2) is 124 Å². The molecule has 0 aliphatic heterocycles. The molecule has 2 N–H and O–H groups in total. The van der Waals surface area contributed by atoms with Gasteiger partial charge in [0, 0.05) is 37.6 Å². The van der Waals surface area contributed by atoms with Crippen LogP contribution < -0.4 is 10.6 Å². The van der Waals surface area contributed by atoms with Crippen LogP contribution in [0.3, 0.4) is 0 Å². The van der Waals surface area contributed by atoms with E-state index < -0.39 is 127 Å². The molecule has 2 aromatic rings. The lowest BCUT2D eigenvalue weighted by molar-refractivity contribution is -0.382. The van der Waals surface area contributed by atoms with Gasteiger partial charge in [-0.2, -0.15) is 87.6 Å². The predicted octanol–water partition coefficient (Wildman–Crippen LogP) is 8.53. The van der Waals surface area contributed by atoms with E-state index in [-0.39, 0.29) is 17.8 Å². The van der Waals surface area contributed by atoms with Crippen molar-refractivity contribution in [1.29, 1.82) is 0 Å². The third kappa shape index (κ3) is 10.9. The molecule has 0 aliphatic rings. The lowest BCUT2D eigenvalue weighted by Gasteiger charge is -2.35. The Morgan fingerprint density at radius 1 is 0.492 bits per heavy atom. The monoisotopic (exact) mass is 992 g/mol. The number of nitrogens with zero attached hydrogens (tertiary/aromatic N) is 2. The fraction of sp³-hybridized carbons (Fsp3) is 0.548. The Bertz CT molecular complexity index is 1970. The number of amides is 2. The number of rotatable bonds is 20. The summed E-state index contributed by atoms with van der Waals surface area (Å²) in [4.78, 5) is 24.2. The van der Waals surface area contributed by atoms with Gasteiger partial charge in [-0.05, 0) is 41.8 Å². The highest BCUT2D eigenvalue weighted by molar-refractivity contribution is 7.90. The summed E-state index contributed by atoms with van der Waals surface area (Å²) in [5, 5.41) is -9.78. The molecule has 0 heterocycles. The van der Waals surface area contributed by atoms with Crippen molar-refractivity contribution in [2.45, 2.75) is 66.8 Å². The second-order valence-electron chi connectivity index (χ2n) is 12.4. The van der Waals surface area contributed by atoms with Crippen molar-refractivity contribution < 1.29 is 115 Å². The number of likely N-dealkylation sites (N-methyl/N-ethyl adjacent to an activating group) is 2. The highest BCUT2D eigenvalue weighted by Gasteiger charge is 2.87. The fourth-order valence-electron chi connectivity index (χ4n) is 4.70. The van der Waals surface area contributed by atoms with E-state index in [4.69, 9.17) is 0 Å². The van der Waals surface area contributed by atoms with E-state index in [0.717, 1.165) is 13.8 Å². The second-order valence-corrected chi connectivity index (χ2v) is 16.4. The van der Waals surface area contributed by atoms with E-state index >= 15 is 0 Å². The third-order valence-corrected chi connectivity index (χ3v) is 12.3. The van der Waals surface area contributed by atoms with Crippen LogP contribution in [0.1, 0.15) is 25.0 Å². The van der Waals surface area contributed by atoms with E-state index in [2.05, 4.69) is 20.1 Å². The first kappa shape index (κ1) is 54.7. The van der Waals surface area contributed by atoms with Gasteiger partial charge in [-0.3, -0.25) is 10.6 Å². The molecule has 2 aromatic carbocycles. The molecule has 0 atom stereocenters. The molecule has 0 spiro atoms. The number of hydrogen-bond acceptors (Lipinski definition) is 8. The minimum atomic E-state index is -7.48. The molecule has 0 aliphatic carbocycles. The average Bonchev–Trinajstić information content (AvgIpc) is 3.15. The summed E-state index contributed by atoms with van der Waals surface area (Å²) in [5.74, 6) is -29.9. The first-order valence-corrected chi connectivity index (χ1v) is 19.6. The number of hydrogen-bond donors (Lipinski definition) is 2. The SMILES string of the molecule is CCN(CCOC(=O)Nc1ccc(Cc2ccc(NC(=O)OCCN(CC)S(=O)(=O)C(F)(F)C(F)(F)C(F)(F)C(F)(F)F)cc2)cc1)S(=O)(=O)C(F)(F)C(F)(F)C(F)(F)C(F)(F)F. The smallest absolute Gasteiger partial charge is 0.448 e. The van der Waals surface area contributed by atoms with Gasteiger partial charge in [-0.1, -0.05) is 38.1 Å². The van der Waals surface area contributed by atoms with Gasteiger partial charge >= 0.3 is 58.7 Å². The van der Waals surface area contributed by atoms with Gasteiger partial charge in [0.1, 0.15) is 13.2 Å². The van der Waals surface area contributed by atoms with Gasteiger partial charge in [0.05, 0.1) is 0 Å². The molecule has 12 nitrogen and oxygen atoms in total. The maximum absolute atomic E-state index is 14.2. The molecule has 0 saturated heterocycles. The Hall–Kier alpha value is -4.46. The van der Waals surface area contributed by atoms with Crippen LogP contribution in [0.25, 0.3) is 0 Å². The van der Waals surface area contributed by atoms with Crippen LogP contribution in [0, 0.1) is 0 Å². The summed E-state index contributed by atoms with van der Waals surface area (Å²) >= 11 is 0. The zero-order chi connectivity index (χ0) is 49.1. The van der Waals surface area contributed by atoms with Crippen molar-refractivity contribution in [3.05, 3.63) is 59.7 Å². The highest BCUT2D eigenvalue weighted by Crippen LogP contribution is 2.56. The van der Waals surface area contributed by atoms with Crippen molar-refractivity contribution >= 4 is 43.6 Å². The molecule has 0 radical (unpaired) electrons. The fourth-order valence-corrected chi connectivity index (χ4v) is 7.56. The zero-order valence-corrected chi connectivity index (χ0v) is 33.0. The molecule has 0 aromatic heterocycles. The molecule has 2 rings (SSSR count). The van der Waals surface area contributed by atoms with E-state index in [1.54, 1.807) is 0 Å². The summed E-state index contributed by atoms with van der Waals surface area (Å²) in [5.41, 5.74) is 1.04. The number of anilines is 2. The molecule has 63 heavy (non-hydrogen) atoms. The van der Waals surface area contributed by atoms with Crippen molar-refractivity contribution in [1.82, 2.24) is 8.61 Å². The predicted molar refractivity (Wildman–Crippen MR) is 180 cm³/mol. The summed E-state index contributed by atoms with van der Waals surface area (Å²) in [6.45, 7) is -6.03. The summed E-state index contributed by atoms with van der Waals surface area (Å²) in [6, 6.07) is 10.7. The highest BCUT2D eigenvalue weighted by atomic mass is 32.2. The Morgan fingerprint density at radius 2 is 0.762 bits per heavy atom. The summed E-state index contributed by atoms with van der Waals surface area (Å²) in [7, 11) is -13.9. The second kappa shape index (κ2) is 18.9. The van der Waals surface area contributed by atoms with Crippen LogP contribution in [0.15, 0.2) is 48.5 Å². The largest absolute Gasteiger partial charge is 0.460 e. The van der Waals surface area contributed by atoms with Crippen LogP contribution in [0.5, 0.6) is 0 Å². The van der Waals surface area contributed by atoms with Crippen LogP contribution >= 0.6 is 0 Å². The Balaban J connectivity index is 1.94. The number of ether oxygens (including phenoxy) is 2. The topological polar surface area (TPSA) is 151 Å². The quantitative estimate of drug-likeness (QED) is 0.125. The number of benzene rings is 2. The lowest BCUT2D eigenvalue weighted by atomic mass is 10.0. The molecular weight excluding hydrogens is 962 g/mol. The van der Waals surface area contributed by atoms with E-state index in [1.807, 2.05) is 0 Å². The number of carbonyl (C=O) groups excluding carboxylic acids is 2. The number of halogens is 18. The van der Waals surface area contributed by atoms with Gasteiger partial charge in [0.2, 0.25) is 0 Å². The third-order valence-electron chi connectivity index (χ3n) is 8.22. The van der Waals surface area contributed by atoms with E-state index in [1.165, 1.54) is 48.5 Å². The van der Waals surface area contributed by atoms with Crippen molar-refractivity contribution in [3.8, 4) is 0 Å². The molecule has 0 fully saturated rings. The molecular formula is C31H30F18N4O8S2. The Labute approximate surface area is 343 Å². The first-order chi connectivity index (χ1) is 28.3. The molecule has 32 heteroatoms. The number of sulfonamides is 2. The van der Waals surface area contributed by atoms with Gasteiger partial charge < -0.3 is 9.47 Å². The first-order valence-electron chi connectivity index (χ1n) is 16.8. The summed E-state index contributed by atoms with van der Waals surface area (Å²) in [6.07, 6.45) is -17.2. The van der Waals surface area contributed by atoms with Crippen molar-refractivity contribution in [2.75, 3.05) is 50.0 Å². The van der Waals surface area contributed by atoms with Gasteiger partial charge in [-0.25, -0.2) is 26.4 Å². The molecule has 0 bridgehead atoms. The minimum absolute atomic E-state index is 0.0170. The Morgan fingerprint density at radius 3 is 1.00 bits per heavy atom. The molecule has 0 saturated carbocycles. The molecule has 2 amide bonds. The standard InChI is InChI=1S/C31H30F18N4O8S2/c1-3-52(62(56,57)30(46,47)26(36,37)24(32,33)28(40,41)42)13-15-60-22(54)50-20-9-5-18(6-10-20)17-19-7-11-21(12-8-19)51-23(55)61-16-14-53(4-2)63(58,59)31(48,49)27(38,39)25(34,35)29(43,44)45/h5-12H,3-4,13-17H2,1-2H3,(H,50,54)(H,51,55). The van der Waals surface area contributed by atoms with Gasteiger partial charge in [-0.15, -0.1) is 0 Å². The van der Waals surface area contributed by atoms with Crippen molar-refractivity contribution in [3.63, 3.8) is 0 Å². The minimum Gasteiger partial charge on any atom is -0.448 e. The van der Waals surface area contributed by atoms with Crippen LogP contribution in [0.4, 0.5) is 100.0 Å². The van der Waals surface area contributed by atoms with Gasteiger partial charge in [0.15, 0.2) is 0 Å². The van der Waals surface area contributed by atoms with Crippen LogP contribution in [-0.2, 0) is 35.9 Å². The maximum Gasteiger partial charge on any atom is 0.460 e.